The highest BCUT2D eigenvalue weighted by atomic mass is 16.7. The van der Waals surface area contributed by atoms with E-state index in [1.807, 2.05) is 23.1 Å². The zero-order valence-corrected chi connectivity index (χ0v) is 15.7. The summed E-state index contributed by atoms with van der Waals surface area (Å²) in [4.78, 5) is 16.8. The highest BCUT2D eigenvalue weighted by Crippen LogP contribution is 2.32. The van der Waals surface area contributed by atoms with E-state index in [2.05, 4.69) is 35.0 Å². The van der Waals surface area contributed by atoms with Crippen molar-refractivity contribution in [1.82, 2.24) is 20.0 Å². The maximum atomic E-state index is 12.6. The predicted octanol–water partition coefficient (Wildman–Crippen LogP) is 2.29. The Morgan fingerprint density at radius 3 is 2.52 bits per heavy atom. The van der Waals surface area contributed by atoms with Crippen LogP contribution in [0.15, 0.2) is 30.3 Å². The van der Waals surface area contributed by atoms with Crippen molar-refractivity contribution in [3.8, 4) is 11.5 Å². The van der Waals surface area contributed by atoms with E-state index < -0.39 is 0 Å². The molecule has 142 valence electrons. The Morgan fingerprint density at radius 1 is 1.04 bits per heavy atom. The SMILES string of the molecule is CC(C)c1ccc(C(=O)N2CCN(Cc3ccc4c(c3)OCO4)CC2)nn1. The van der Waals surface area contributed by atoms with Gasteiger partial charge in [0.25, 0.3) is 5.91 Å². The maximum absolute atomic E-state index is 12.6. The van der Waals surface area contributed by atoms with Crippen LogP contribution in [0.4, 0.5) is 0 Å². The van der Waals surface area contributed by atoms with E-state index in [0.29, 0.717) is 31.5 Å². The predicted molar refractivity (Wildman–Crippen MR) is 99.9 cm³/mol. The molecule has 0 atom stereocenters. The largest absolute Gasteiger partial charge is 0.454 e. The molecule has 0 unspecified atom stereocenters. The Hall–Kier alpha value is -2.67. The summed E-state index contributed by atoms with van der Waals surface area (Å²) in [7, 11) is 0. The number of fused-ring (bicyclic) bond motifs is 1. The molecule has 7 nitrogen and oxygen atoms in total. The van der Waals surface area contributed by atoms with E-state index in [-0.39, 0.29) is 5.91 Å². The number of piperazine rings is 1. The molecular formula is C20H24N4O3. The van der Waals surface area contributed by atoms with Gasteiger partial charge in [0.2, 0.25) is 6.79 Å². The van der Waals surface area contributed by atoms with Gasteiger partial charge in [0.05, 0.1) is 5.69 Å². The molecule has 0 spiro atoms. The molecule has 0 saturated carbocycles. The van der Waals surface area contributed by atoms with Gasteiger partial charge in [-0.2, -0.15) is 5.10 Å². The fraction of sp³-hybridized carbons (Fsp3) is 0.450. The number of nitrogens with zero attached hydrogens (tertiary/aromatic N) is 4. The van der Waals surface area contributed by atoms with Gasteiger partial charge in [-0.25, -0.2) is 0 Å². The third-order valence-corrected chi connectivity index (χ3v) is 5.00. The van der Waals surface area contributed by atoms with E-state index in [0.717, 1.165) is 36.8 Å². The van der Waals surface area contributed by atoms with Gasteiger partial charge in [0.15, 0.2) is 17.2 Å². The third-order valence-electron chi connectivity index (χ3n) is 5.00. The number of aromatic nitrogens is 2. The molecule has 1 amide bonds. The molecule has 4 rings (SSSR count). The molecule has 0 N–H and O–H groups in total. The Morgan fingerprint density at radius 2 is 1.81 bits per heavy atom. The number of ether oxygens (including phenoxy) is 2. The topological polar surface area (TPSA) is 67.8 Å². The Bertz CT molecular complexity index is 814. The summed E-state index contributed by atoms with van der Waals surface area (Å²) >= 11 is 0. The number of rotatable bonds is 4. The summed E-state index contributed by atoms with van der Waals surface area (Å²) < 4.78 is 10.8. The Balaban J connectivity index is 1.32. The average Bonchev–Trinajstić information content (AvgIpc) is 3.16. The van der Waals surface area contributed by atoms with Crippen LogP contribution < -0.4 is 9.47 Å². The summed E-state index contributed by atoms with van der Waals surface area (Å²) in [5.74, 6) is 1.88. The van der Waals surface area contributed by atoms with Gasteiger partial charge >= 0.3 is 0 Å². The molecule has 0 radical (unpaired) electrons. The van der Waals surface area contributed by atoms with Crippen molar-refractivity contribution in [3.05, 3.63) is 47.3 Å². The Labute approximate surface area is 158 Å². The zero-order valence-electron chi connectivity index (χ0n) is 15.7. The second kappa shape index (κ2) is 7.52. The van der Waals surface area contributed by atoms with E-state index in [1.54, 1.807) is 6.07 Å². The summed E-state index contributed by atoms with van der Waals surface area (Å²) in [6, 6.07) is 9.73. The van der Waals surface area contributed by atoms with E-state index in [9.17, 15) is 4.79 Å². The summed E-state index contributed by atoms with van der Waals surface area (Å²) in [6.45, 7) is 8.29. The lowest BCUT2D eigenvalue weighted by molar-refractivity contribution is 0.0621. The van der Waals surface area contributed by atoms with Crippen molar-refractivity contribution in [2.24, 2.45) is 0 Å². The quantitative estimate of drug-likeness (QED) is 0.825. The first-order valence-electron chi connectivity index (χ1n) is 9.34. The van der Waals surface area contributed by atoms with Crippen molar-refractivity contribution >= 4 is 5.91 Å². The van der Waals surface area contributed by atoms with E-state index >= 15 is 0 Å². The monoisotopic (exact) mass is 368 g/mol. The Kier molecular flexibility index (Phi) is 4.94. The van der Waals surface area contributed by atoms with E-state index in [4.69, 9.17) is 9.47 Å². The summed E-state index contributed by atoms with van der Waals surface area (Å²) in [5.41, 5.74) is 2.51. The molecule has 0 bridgehead atoms. The fourth-order valence-electron chi connectivity index (χ4n) is 3.33. The molecule has 1 aromatic heterocycles. The van der Waals surface area contributed by atoms with Crippen LogP contribution in [0.3, 0.4) is 0 Å². The summed E-state index contributed by atoms with van der Waals surface area (Å²) in [5, 5.41) is 8.28. The summed E-state index contributed by atoms with van der Waals surface area (Å²) in [6.07, 6.45) is 0. The molecule has 1 fully saturated rings. The minimum absolute atomic E-state index is 0.0412. The number of amides is 1. The van der Waals surface area contributed by atoms with Crippen LogP contribution in [0, 0.1) is 0 Å². The minimum Gasteiger partial charge on any atom is -0.454 e. The van der Waals surface area contributed by atoms with Gasteiger partial charge < -0.3 is 14.4 Å². The second-order valence-corrected chi connectivity index (χ2v) is 7.25. The van der Waals surface area contributed by atoms with Crippen LogP contribution in [-0.2, 0) is 6.54 Å². The first kappa shape index (κ1) is 17.7. The highest BCUT2D eigenvalue weighted by molar-refractivity contribution is 5.92. The van der Waals surface area contributed by atoms with Gasteiger partial charge in [-0.3, -0.25) is 9.69 Å². The fourth-order valence-corrected chi connectivity index (χ4v) is 3.33. The number of carbonyl (C=O) groups excluding carboxylic acids is 1. The lowest BCUT2D eigenvalue weighted by Crippen LogP contribution is -2.48. The second-order valence-electron chi connectivity index (χ2n) is 7.25. The first-order valence-corrected chi connectivity index (χ1v) is 9.34. The number of carbonyl (C=O) groups is 1. The lowest BCUT2D eigenvalue weighted by Gasteiger charge is -2.34. The molecule has 2 aliphatic heterocycles. The molecule has 1 aromatic carbocycles. The first-order chi connectivity index (χ1) is 13.1. The van der Waals surface area contributed by atoms with Crippen molar-refractivity contribution in [2.75, 3.05) is 33.0 Å². The van der Waals surface area contributed by atoms with Gasteiger partial charge in [0, 0.05) is 32.7 Å². The van der Waals surface area contributed by atoms with E-state index in [1.165, 1.54) is 5.56 Å². The van der Waals surface area contributed by atoms with Crippen LogP contribution >= 0.6 is 0 Å². The van der Waals surface area contributed by atoms with Crippen LogP contribution in [0.5, 0.6) is 11.5 Å². The van der Waals surface area contributed by atoms with Crippen LogP contribution in [-0.4, -0.2) is 58.9 Å². The van der Waals surface area contributed by atoms with Crippen molar-refractivity contribution < 1.29 is 14.3 Å². The average molecular weight is 368 g/mol. The van der Waals surface area contributed by atoms with Crippen molar-refractivity contribution in [2.45, 2.75) is 26.3 Å². The lowest BCUT2D eigenvalue weighted by atomic mass is 10.1. The molecular weight excluding hydrogens is 344 g/mol. The standard InChI is InChI=1S/C20H24N4O3/c1-14(2)16-4-5-17(22-21-16)20(25)24-9-7-23(8-10-24)12-15-3-6-18-19(11-15)27-13-26-18/h3-6,11,14H,7-10,12-13H2,1-2H3. The number of hydrogen-bond acceptors (Lipinski definition) is 6. The molecule has 2 aromatic rings. The number of hydrogen-bond donors (Lipinski definition) is 0. The van der Waals surface area contributed by atoms with Crippen molar-refractivity contribution in [3.63, 3.8) is 0 Å². The molecule has 7 heteroatoms. The van der Waals surface area contributed by atoms with Crippen LogP contribution in [0.1, 0.15) is 41.5 Å². The van der Waals surface area contributed by atoms with Crippen LogP contribution in [0.2, 0.25) is 0 Å². The van der Waals surface area contributed by atoms with Gasteiger partial charge in [-0.1, -0.05) is 19.9 Å². The maximum Gasteiger partial charge on any atom is 0.274 e. The number of benzene rings is 1. The molecule has 0 aliphatic carbocycles. The smallest absolute Gasteiger partial charge is 0.274 e. The highest BCUT2D eigenvalue weighted by Gasteiger charge is 2.24. The normalized spacial score (nSPS) is 16.8. The van der Waals surface area contributed by atoms with Gasteiger partial charge in [-0.05, 0) is 35.7 Å². The molecule has 2 aliphatic rings. The van der Waals surface area contributed by atoms with Gasteiger partial charge in [-0.15, -0.1) is 5.10 Å². The molecule has 3 heterocycles. The molecule has 27 heavy (non-hydrogen) atoms. The third kappa shape index (κ3) is 3.88. The zero-order chi connectivity index (χ0) is 18.8. The minimum atomic E-state index is -0.0412. The molecule has 1 saturated heterocycles. The van der Waals surface area contributed by atoms with Crippen LogP contribution in [0.25, 0.3) is 0 Å². The van der Waals surface area contributed by atoms with Crippen molar-refractivity contribution in [1.29, 1.82) is 0 Å². The van der Waals surface area contributed by atoms with Gasteiger partial charge in [0.1, 0.15) is 0 Å².